The van der Waals surface area contributed by atoms with Gasteiger partial charge in [-0.3, -0.25) is 10.1 Å². The molecule has 0 heterocycles. The van der Waals surface area contributed by atoms with Crippen LogP contribution in [-0.2, 0) is 6.61 Å². The largest absolute Gasteiger partial charge is 0.493 e. The summed E-state index contributed by atoms with van der Waals surface area (Å²) in [5.41, 5.74) is 8.06. The molecule has 1 aromatic carbocycles. The minimum Gasteiger partial charge on any atom is -0.493 e. The third-order valence-electron chi connectivity index (χ3n) is 1.94. The normalized spacial score (nSPS) is 9.47. The van der Waals surface area contributed by atoms with E-state index in [1.165, 1.54) is 18.2 Å². The summed E-state index contributed by atoms with van der Waals surface area (Å²) in [5, 5.41) is 22.8. The summed E-state index contributed by atoms with van der Waals surface area (Å²) in [6.07, 6.45) is 0. The van der Waals surface area contributed by atoms with E-state index in [1.807, 2.05) is 0 Å². The van der Waals surface area contributed by atoms with Crippen molar-refractivity contribution in [3.8, 4) is 5.75 Å². The Morgan fingerprint density at radius 3 is 2.94 bits per heavy atom. The van der Waals surface area contributed by atoms with Crippen molar-refractivity contribution < 1.29 is 14.8 Å². The minimum atomic E-state index is -0.574. The van der Waals surface area contributed by atoms with Gasteiger partial charge in [0, 0.05) is 11.0 Å². The van der Waals surface area contributed by atoms with Crippen molar-refractivity contribution in [3.05, 3.63) is 44.3 Å². The molecule has 0 atom stereocenters. The molecule has 0 saturated heterocycles. The zero-order valence-corrected chi connectivity index (χ0v) is 8.81. The molecule has 1 rings (SSSR count). The average molecular weight is 238 g/mol. The van der Waals surface area contributed by atoms with Gasteiger partial charge in [0.15, 0.2) is 0 Å². The van der Waals surface area contributed by atoms with Crippen LogP contribution in [-0.4, -0.2) is 23.2 Å². The Hall–Kier alpha value is -2.31. The fraction of sp³-hybridized carbons (Fsp3) is 0.333. The number of aliphatic hydroxyl groups is 1. The maximum Gasteiger partial charge on any atom is 0.275 e. The molecule has 90 valence electrons. The first-order chi connectivity index (χ1) is 8.19. The number of rotatable bonds is 6. The number of ether oxygens (including phenoxy) is 1. The van der Waals surface area contributed by atoms with Gasteiger partial charge < -0.3 is 9.84 Å². The standard InChI is InChI=1S/C9H10N4O4/c10-12-11-3-4-17-8-1-2-9(13(15)16)7(5-8)6-14/h1-2,5,14H,3-4,6H2. The van der Waals surface area contributed by atoms with E-state index in [9.17, 15) is 10.1 Å². The first kappa shape index (κ1) is 12.8. The Kier molecular flexibility index (Phi) is 4.74. The molecule has 0 saturated carbocycles. The van der Waals surface area contributed by atoms with Gasteiger partial charge in [-0.25, -0.2) is 0 Å². The molecule has 8 nitrogen and oxygen atoms in total. The summed E-state index contributed by atoms with van der Waals surface area (Å²) in [6.45, 7) is -0.0987. The van der Waals surface area contributed by atoms with Gasteiger partial charge in [0.05, 0.1) is 30.2 Å². The summed E-state index contributed by atoms with van der Waals surface area (Å²) in [5.74, 6) is 0.382. The minimum absolute atomic E-state index is 0.158. The van der Waals surface area contributed by atoms with Crippen LogP contribution < -0.4 is 4.74 Å². The molecule has 1 aromatic rings. The SMILES string of the molecule is [N-]=[N+]=NCCOc1ccc([N+](=O)[O-])c(CO)c1. The molecule has 0 aliphatic rings. The zero-order chi connectivity index (χ0) is 12.7. The highest BCUT2D eigenvalue weighted by Gasteiger charge is 2.13. The van der Waals surface area contributed by atoms with Crippen molar-refractivity contribution in [1.29, 1.82) is 0 Å². The van der Waals surface area contributed by atoms with Gasteiger partial charge in [0.1, 0.15) is 5.75 Å². The summed E-state index contributed by atoms with van der Waals surface area (Å²) < 4.78 is 5.19. The molecule has 8 heteroatoms. The Balaban J connectivity index is 2.75. The van der Waals surface area contributed by atoms with Crippen LogP contribution >= 0.6 is 0 Å². The Labute approximate surface area is 96.2 Å². The fourth-order valence-corrected chi connectivity index (χ4v) is 1.21. The number of benzene rings is 1. The van der Waals surface area contributed by atoms with Gasteiger partial charge in [-0.15, -0.1) is 0 Å². The molecule has 0 unspecified atom stereocenters. The molecular formula is C9H10N4O4. The van der Waals surface area contributed by atoms with Crippen LogP contribution in [0.5, 0.6) is 5.75 Å². The second-order valence-electron chi connectivity index (χ2n) is 3.01. The number of nitro benzene ring substituents is 1. The molecule has 0 aliphatic carbocycles. The molecule has 0 fully saturated rings. The van der Waals surface area contributed by atoms with Gasteiger partial charge in [-0.1, -0.05) is 5.11 Å². The quantitative estimate of drug-likeness (QED) is 0.202. The van der Waals surface area contributed by atoms with Crippen LogP contribution in [0.15, 0.2) is 23.3 Å². The van der Waals surface area contributed by atoms with Crippen molar-refractivity contribution in [2.45, 2.75) is 6.61 Å². The molecule has 0 radical (unpaired) electrons. The maximum absolute atomic E-state index is 10.6. The highest BCUT2D eigenvalue weighted by molar-refractivity contribution is 5.44. The number of aliphatic hydroxyl groups excluding tert-OH is 1. The van der Waals surface area contributed by atoms with Crippen LogP contribution in [0.2, 0.25) is 0 Å². The Morgan fingerprint density at radius 2 is 2.35 bits per heavy atom. The number of nitrogens with zero attached hydrogens (tertiary/aromatic N) is 4. The van der Waals surface area contributed by atoms with E-state index in [1.54, 1.807) is 0 Å². The van der Waals surface area contributed by atoms with Gasteiger partial charge >= 0.3 is 0 Å². The lowest BCUT2D eigenvalue weighted by Crippen LogP contribution is -2.02. The lowest BCUT2D eigenvalue weighted by molar-refractivity contribution is -0.385. The van der Waals surface area contributed by atoms with Crippen molar-refractivity contribution in [2.75, 3.05) is 13.2 Å². The smallest absolute Gasteiger partial charge is 0.275 e. The van der Waals surface area contributed by atoms with Crippen molar-refractivity contribution in [2.24, 2.45) is 5.11 Å². The van der Waals surface area contributed by atoms with Gasteiger partial charge in [-0.2, -0.15) is 0 Å². The second kappa shape index (κ2) is 6.31. The third-order valence-corrected chi connectivity index (χ3v) is 1.94. The van der Waals surface area contributed by atoms with Gasteiger partial charge in [-0.05, 0) is 17.7 Å². The van der Waals surface area contributed by atoms with E-state index >= 15 is 0 Å². The fourth-order valence-electron chi connectivity index (χ4n) is 1.21. The summed E-state index contributed by atoms with van der Waals surface area (Å²) >= 11 is 0. The number of hydrogen-bond donors (Lipinski definition) is 1. The van der Waals surface area contributed by atoms with E-state index in [0.29, 0.717) is 5.75 Å². The summed E-state index contributed by atoms with van der Waals surface area (Å²) in [7, 11) is 0. The molecule has 0 aliphatic heterocycles. The van der Waals surface area contributed by atoms with E-state index < -0.39 is 11.5 Å². The van der Waals surface area contributed by atoms with Gasteiger partial charge in [0.25, 0.3) is 5.69 Å². The predicted molar refractivity (Wildman–Crippen MR) is 58.5 cm³/mol. The summed E-state index contributed by atoms with van der Waals surface area (Å²) in [4.78, 5) is 12.6. The van der Waals surface area contributed by atoms with E-state index in [-0.39, 0.29) is 24.4 Å². The third kappa shape index (κ3) is 3.63. The lowest BCUT2D eigenvalue weighted by Gasteiger charge is -2.06. The Bertz CT molecular complexity index is 456. The van der Waals surface area contributed by atoms with E-state index in [4.69, 9.17) is 15.4 Å². The molecular weight excluding hydrogens is 228 g/mol. The van der Waals surface area contributed by atoms with E-state index in [2.05, 4.69) is 10.0 Å². The molecule has 0 amide bonds. The molecule has 0 aromatic heterocycles. The zero-order valence-electron chi connectivity index (χ0n) is 8.81. The first-order valence-corrected chi connectivity index (χ1v) is 4.71. The summed E-state index contributed by atoms with van der Waals surface area (Å²) in [6, 6.07) is 4.07. The van der Waals surface area contributed by atoms with Crippen molar-refractivity contribution >= 4 is 5.69 Å². The number of azide groups is 1. The molecule has 1 N–H and O–H groups in total. The van der Waals surface area contributed by atoms with Crippen LogP contribution in [0.1, 0.15) is 5.56 Å². The Morgan fingerprint density at radius 1 is 1.59 bits per heavy atom. The average Bonchev–Trinajstić information content (AvgIpc) is 2.34. The monoisotopic (exact) mass is 238 g/mol. The number of hydrogen-bond acceptors (Lipinski definition) is 5. The van der Waals surface area contributed by atoms with Crippen LogP contribution in [0.25, 0.3) is 10.4 Å². The second-order valence-corrected chi connectivity index (χ2v) is 3.01. The van der Waals surface area contributed by atoms with Crippen molar-refractivity contribution in [3.63, 3.8) is 0 Å². The van der Waals surface area contributed by atoms with Crippen LogP contribution in [0.4, 0.5) is 5.69 Å². The van der Waals surface area contributed by atoms with Crippen LogP contribution in [0.3, 0.4) is 0 Å². The van der Waals surface area contributed by atoms with Gasteiger partial charge in [0.2, 0.25) is 0 Å². The lowest BCUT2D eigenvalue weighted by atomic mass is 10.2. The first-order valence-electron chi connectivity index (χ1n) is 4.71. The van der Waals surface area contributed by atoms with E-state index in [0.717, 1.165) is 0 Å². The highest BCUT2D eigenvalue weighted by atomic mass is 16.6. The topological polar surface area (TPSA) is 121 Å². The highest BCUT2D eigenvalue weighted by Crippen LogP contribution is 2.23. The number of nitro groups is 1. The molecule has 17 heavy (non-hydrogen) atoms. The maximum atomic E-state index is 10.6. The molecule has 0 bridgehead atoms. The van der Waals surface area contributed by atoms with Crippen LogP contribution in [0, 0.1) is 10.1 Å². The van der Waals surface area contributed by atoms with Crippen molar-refractivity contribution in [1.82, 2.24) is 0 Å². The predicted octanol–water partition coefficient (Wildman–Crippen LogP) is 1.78. The molecule has 0 spiro atoms.